The molecule has 1 rings (SSSR count). The number of hydrogen-bond donors (Lipinski definition) is 2. The van der Waals surface area contributed by atoms with Crippen molar-refractivity contribution in [2.75, 3.05) is 19.7 Å². The first-order valence-corrected chi connectivity index (χ1v) is 7.67. The molecule has 6 nitrogen and oxygen atoms in total. The molecule has 0 aliphatic heterocycles. The first-order chi connectivity index (χ1) is 10.3. The summed E-state index contributed by atoms with van der Waals surface area (Å²) in [6, 6.07) is 7.23. The van der Waals surface area contributed by atoms with E-state index in [0.717, 1.165) is 4.47 Å². The Morgan fingerprint density at radius 3 is 2.50 bits per heavy atom. The number of carbonyl (C=O) groups excluding carboxylic acids is 2. The molecule has 22 heavy (non-hydrogen) atoms. The zero-order valence-electron chi connectivity index (χ0n) is 12.9. The lowest BCUT2D eigenvalue weighted by Gasteiger charge is -2.19. The molecule has 0 unspecified atom stereocenters. The Kier molecular flexibility index (Phi) is 7.17. The maximum Gasteiger partial charge on any atom is 0.407 e. The number of ether oxygens (including phenoxy) is 2. The lowest BCUT2D eigenvalue weighted by molar-refractivity contribution is -0.123. The summed E-state index contributed by atoms with van der Waals surface area (Å²) in [4.78, 5) is 23.0. The van der Waals surface area contributed by atoms with Crippen molar-refractivity contribution in [1.82, 2.24) is 10.6 Å². The Morgan fingerprint density at radius 1 is 1.18 bits per heavy atom. The summed E-state index contributed by atoms with van der Waals surface area (Å²) in [6.45, 7) is 5.87. The van der Waals surface area contributed by atoms with Gasteiger partial charge in [-0.05, 0) is 39.0 Å². The van der Waals surface area contributed by atoms with Gasteiger partial charge in [0.1, 0.15) is 11.4 Å². The highest BCUT2D eigenvalue weighted by molar-refractivity contribution is 9.10. The molecule has 0 aromatic heterocycles. The molecule has 0 saturated heterocycles. The van der Waals surface area contributed by atoms with Gasteiger partial charge in [0.05, 0.1) is 0 Å². The minimum atomic E-state index is -0.537. The highest BCUT2D eigenvalue weighted by Crippen LogP contribution is 2.17. The molecule has 0 fully saturated rings. The molecule has 2 amide bonds. The molecule has 122 valence electrons. The predicted octanol–water partition coefficient (Wildman–Crippen LogP) is 2.47. The van der Waals surface area contributed by atoms with Gasteiger partial charge in [-0.15, -0.1) is 0 Å². The summed E-state index contributed by atoms with van der Waals surface area (Å²) < 4.78 is 11.3. The molecule has 0 radical (unpaired) electrons. The Hall–Kier alpha value is -1.76. The first kappa shape index (κ1) is 18.3. The number of hydrogen-bond acceptors (Lipinski definition) is 4. The van der Waals surface area contributed by atoms with Gasteiger partial charge in [0, 0.05) is 17.6 Å². The largest absolute Gasteiger partial charge is 0.484 e. The summed E-state index contributed by atoms with van der Waals surface area (Å²) in [5, 5.41) is 5.19. The third kappa shape index (κ3) is 8.51. The Balaban J connectivity index is 2.15. The molecule has 0 aliphatic carbocycles. The summed E-state index contributed by atoms with van der Waals surface area (Å²) in [6.07, 6.45) is -0.507. The minimum Gasteiger partial charge on any atom is -0.484 e. The van der Waals surface area contributed by atoms with Gasteiger partial charge < -0.3 is 20.1 Å². The average molecular weight is 373 g/mol. The second-order valence-electron chi connectivity index (χ2n) is 5.52. The van der Waals surface area contributed by atoms with Crippen molar-refractivity contribution in [2.24, 2.45) is 0 Å². The van der Waals surface area contributed by atoms with E-state index < -0.39 is 11.7 Å². The van der Waals surface area contributed by atoms with Crippen LogP contribution in [0.1, 0.15) is 20.8 Å². The summed E-state index contributed by atoms with van der Waals surface area (Å²) >= 11 is 3.32. The smallest absolute Gasteiger partial charge is 0.407 e. The van der Waals surface area contributed by atoms with Gasteiger partial charge in [0.15, 0.2) is 6.61 Å². The Morgan fingerprint density at radius 2 is 1.86 bits per heavy atom. The quantitative estimate of drug-likeness (QED) is 0.752. The normalized spacial score (nSPS) is 10.7. The van der Waals surface area contributed by atoms with E-state index in [4.69, 9.17) is 9.47 Å². The van der Waals surface area contributed by atoms with Crippen molar-refractivity contribution in [3.05, 3.63) is 28.7 Å². The molecule has 1 aromatic rings. The van der Waals surface area contributed by atoms with Crippen molar-refractivity contribution in [2.45, 2.75) is 26.4 Å². The third-order valence-electron chi connectivity index (χ3n) is 2.28. The second kappa shape index (κ2) is 8.63. The van der Waals surface area contributed by atoms with Crippen LogP contribution in [0.5, 0.6) is 5.75 Å². The molecule has 0 heterocycles. The predicted molar refractivity (Wildman–Crippen MR) is 86.9 cm³/mol. The molecule has 0 atom stereocenters. The van der Waals surface area contributed by atoms with Crippen LogP contribution in [0.25, 0.3) is 0 Å². The summed E-state index contributed by atoms with van der Waals surface area (Å²) in [5.74, 6) is 0.349. The molecular formula is C15H21BrN2O4. The van der Waals surface area contributed by atoms with E-state index >= 15 is 0 Å². The van der Waals surface area contributed by atoms with E-state index in [0.29, 0.717) is 12.3 Å². The summed E-state index contributed by atoms with van der Waals surface area (Å²) in [7, 11) is 0. The van der Waals surface area contributed by atoms with Gasteiger partial charge in [-0.3, -0.25) is 4.79 Å². The van der Waals surface area contributed by atoms with Gasteiger partial charge in [-0.25, -0.2) is 4.79 Å². The standard InChI is InChI=1S/C15H21BrN2O4/c1-15(2,3)22-14(20)18-8-7-17-13(19)10-21-12-6-4-5-11(16)9-12/h4-6,9H,7-8,10H2,1-3H3,(H,17,19)(H,18,20). The Bertz CT molecular complexity index is 515. The molecule has 0 aliphatic rings. The van der Waals surface area contributed by atoms with Crippen LogP contribution >= 0.6 is 15.9 Å². The van der Waals surface area contributed by atoms with Crippen molar-refractivity contribution in [3.63, 3.8) is 0 Å². The zero-order valence-corrected chi connectivity index (χ0v) is 14.5. The Labute approximate surface area is 138 Å². The molecule has 0 spiro atoms. The van der Waals surface area contributed by atoms with Gasteiger partial charge in [0.2, 0.25) is 0 Å². The van der Waals surface area contributed by atoms with Crippen molar-refractivity contribution in [1.29, 1.82) is 0 Å². The van der Waals surface area contributed by atoms with E-state index in [1.807, 2.05) is 12.1 Å². The minimum absolute atomic E-state index is 0.0805. The molecular weight excluding hydrogens is 352 g/mol. The van der Waals surface area contributed by atoms with Crippen molar-refractivity contribution in [3.8, 4) is 5.75 Å². The van der Waals surface area contributed by atoms with Crippen LogP contribution in [0.2, 0.25) is 0 Å². The van der Waals surface area contributed by atoms with Crippen molar-refractivity contribution < 1.29 is 19.1 Å². The fourth-order valence-electron chi connectivity index (χ4n) is 1.44. The van der Waals surface area contributed by atoms with E-state index in [9.17, 15) is 9.59 Å². The fraction of sp³-hybridized carbons (Fsp3) is 0.467. The van der Waals surface area contributed by atoms with Crippen molar-refractivity contribution >= 4 is 27.9 Å². The van der Waals surface area contributed by atoms with Crippen LogP contribution in [0, 0.1) is 0 Å². The third-order valence-corrected chi connectivity index (χ3v) is 2.77. The zero-order chi connectivity index (χ0) is 16.6. The number of rotatable bonds is 6. The number of nitrogens with one attached hydrogen (secondary N) is 2. The van der Waals surface area contributed by atoms with Gasteiger partial charge in [-0.2, -0.15) is 0 Å². The van der Waals surface area contributed by atoms with Crippen LogP contribution in [0.15, 0.2) is 28.7 Å². The van der Waals surface area contributed by atoms with Crippen LogP contribution in [0.3, 0.4) is 0 Å². The van der Waals surface area contributed by atoms with Crippen LogP contribution in [0.4, 0.5) is 4.79 Å². The number of amides is 2. The SMILES string of the molecule is CC(C)(C)OC(=O)NCCNC(=O)COc1cccc(Br)c1. The number of carbonyl (C=O) groups is 2. The van der Waals surface area contributed by atoms with Gasteiger partial charge in [0.25, 0.3) is 5.91 Å². The molecule has 0 saturated carbocycles. The van der Waals surface area contributed by atoms with Crippen LogP contribution in [-0.4, -0.2) is 37.3 Å². The molecule has 1 aromatic carbocycles. The van der Waals surface area contributed by atoms with E-state index in [-0.39, 0.29) is 19.1 Å². The van der Waals surface area contributed by atoms with E-state index in [1.165, 1.54) is 0 Å². The number of halogens is 1. The highest BCUT2D eigenvalue weighted by Gasteiger charge is 2.15. The number of alkyl carbamates (subject to hydrolysis) is 1. The topological polar surface area (TPSA) is 76.7 Å². The fourth-order valence-corrected chi connectivity index (χ4v) is 1.82. The monoisotopic (exact) mass is 372 g/mol. The first-order valence-electron chi connectivity index (χ1n) is 6.88. The lowest BCUT2D eigenvalue weighted by Crippen LogP contribution is -2.39. The van der Waals surface area contributed by atoms with Crippen LogP contribution < -0.4 is 15.4 Å². The molecule has 0 bridgehead atoms. The lowest BCUT2D eigenvalue weighted by atomic mass is 10.2. The van der Waals surface area contributed by atoms with Gasteiger partial charge in [-0.1, -0.05) is 22.0 Å². The maximum atomic E-state index is 11.6. The van der Waals surface area contributed by atoms with Crippen LogP contribution in [-0.2, 0) is 9.53 Å². The highest BCUT2D eigenvalue weighted by atomic mass is 79.9. The average Bonchev–Trinajstić information content (AvgIpc) is 2.39. The van der Waals surface area contributed by atoms with E-state index in [2.05, 4.69) is 26.6 Å². The maximum absolute atomic E-state index is 11.6. The summed E-state index contributed by atoms with van der Waals surface area (Å²) in [5.41, 5.74) is -0.537. The second-order valence-corrected chi connectivity index (χ2v) is 6.44. The van der Waals surface area contributed by atoms with Gasteiger partial charge >= 0.3 is 6.09 Å². The number of benzene rings is 1. The molecule has 2 N–H and O–H groups in total. The van der Waals surface area contributed by atoms with E-state index in [1.54, 1.807) is 32.9 Å². The molecule has 7 heteroatoms.